The first-order chi connectivity index (χ1) is 10.2. The fourth-order valence-corrected chi connectivity index (χ4v) is 3.37. The largest absolute Gasteiger partial charge is 0.322 e. The van der Waals surface area contributed by atoms with Gasteiger partial charge in [0.2, 0.25) is 0 Å². The normalized spacial score (nSPS) is 24.0. The van der Waals surface area contributed by atoms with Crippen molar-refractivity contribution in [1.29, 1.82) is 0 Å². The second-order valence-corrected chi connectivity index (χ2v) is 6.00. The van der Waals surface area contributed by atoms with Crippen molar-refractivity contribution < 1.29 is 4.79 Å². The third-order valence-corrected chi connectivity index (χ3v) is 4.46. The summed E-state index contributed by atoms with van der Waals surface area (Å²) in [7, 11) is 0. The molecule has 1 aliphatic carbocycles. The van der Waals surface area contributed by atoms with Crippen LogP contribution in [0.25, 0.3) is 0 Å². The van der Waals surface area contributed by atoms with E-state index in [1.165, 1.54) is 0 Å². The van der Waals surface area contributed by atoms with Crippen LogP contribution in [0, 0.1) is 5.92 Å². The van der Waals surface area contributed by atoms with Crippen LogP contribution in [-0.4, -0.2) is 11.0 Å². The number of halogens is 1. The zero-order chi connectivity index (χ0) is 14.4. The zero-order valence-electron chi connectivity index (χ0n) is 11.3. The highest BCUT2D eigenvalue weighted by atomic mass is 35.5. The van der Waals surface area contributed by atoms with Gasteiger partial charge in [-0.1, -0.05) is 17.7 Å². The molecule has 2 aliphatic rings. The maximum Gasteiger partial charge on any atom is 0.320 e. The van der Waals surface area contributed by atoms with Gasteiger partial charge in [0.1, 0.15) is 5.54 Å². The van der Waals surface area contributed by atoms with Gasteiger partial charge in [-0.2, -0.15) is 0 Å². The number of carbonyl (C=O) groups is 1. The molecule has 1 saturated carbocycles. The molecule has 0 radical (unpaired) electrons. The number of amides is 2. The van der Waals surface area contributed by atoms with Gasteiger partial charge in [0, 0.05) is 22.5 Å². The van der Waals surface area contributed by atoms with Crippen molar-refractivity contribution in [3.8, 4) is 0 Å². The molecule has 106 valence electrons. The number of nitrogens with one attached hydrogen (secondary N) is 2. The Morgan fingerprint density at radius 2 is 2.10 bits per heavy atom. The molecule has 1 fully saturated rings. The minimum Gasteiger partial charge on any atom is -0.322 e. The number of carbonyl (C=O) groups excluding carboxylic acids is 1. The number of rotatable bonds is 2. The maximum atomic E-state index is 12.1. The van der Waals surface area contributed by atoms with E-state index in [2.05, 4.69) is 15.6 Å². The van der Waals surface area contributed by atoms with Gasteiger partial charge in [-0.15, -0.1) is 0 Å². The van der Waals surface area contributed by atoms with Crippen LogP contribution in [0.3, 0.4) is 0 Å². The molecular formula is C16H14ClN3O. The number of nitrogens with zero attached hydrogens (tertiary/aromatic N) is 1. The molecule has 21 heavy (non-hydrogen) atoms. The Labute approximate surface area is 127 Å². The Kier molecular flexibility index (Phi) is 2.69. The maximum absolute atomic E-state index is 12.1. The fraction of sp³-hybridized carbons (Fsp3) is 0.250. The first-order valence-electron chi connectivity index (χ1n) is 7.01. The van der Waals surface area contributed by atoms with Crippen LogP contribution in [0.2, 0.25) is 5.02 Å². The topological polar surface area (TPSA) is 54.0 Å². The molecule has 0 unspecified atom stereocenters. The number of anilines is 1. The minimum atomic E-state index is -0.580. The quantitative estimate of drug-likeness (QED) is 0.891. The summed E-state index contributed by atoms with van der Waals surface area (Å²) in [4.78, 5) is 16.7. The van der Waals surface area contributed by atoms with Crippen molar-refractivity contribution in [2.24, 2.45) is 5.92 Å². The first-order valence-corrected chi connectivity index (χ1v) is 7.38. The number of fused-ring (bicyclic) bond motifs is 1. The fourth-order valence-electron chi connectivity index (χ4n) is 3.20. The van der Waals surface area contributed by atoms with Crippen LogP contribution < -0.4 is 10.6 Å². The first kappa shape index (κ1) is 12.7. The van der Waals surface area contributed by atoms with Gasteiger partial charge in [0.05, 0.1) is 5.69 Å². The molecule has 4 rings (SSSR count). The van der Waals surface area contributed by atoms with Gasteiger partial charge < -0.3 is 10.6 Å². The second kappa shape index (κ2) is 4.46. The van der Waals surface area contributed by atoms with Crippen LogP contribution in [0.1, 0.15) is 24.1 Å². The van der Waals surface area contributed by atoms with Crippen molar-refractivity contribution >= 4 is 23.3 Å². The smallest absolute Gasteiger partial charge is 0.320 e. The number of pyridine rings is 1. The van der Waals surface area contributed by atoms with E-state index >= 15 is 0 Å². The molecule has 2 amide bonds. The van der Waals surface area contributed by atoms with Gasteiger partial charge in [0.15, 0.2) is 0 Å². The molecule has 5 heteroatoms. The van der Waals surface area contributed by atoms with Crippen molar-refractivity contribution in [2.45, 2.75) is 18.4 Å². The van der Waals surface area contributed by atoms with E-state index in [9.17, 15) is 4.79 Å². The molecule has 2 aromatic rings. The van der Waals surface area contributed by atoms with Gasteiger partial charge >= 0.3 is 6.03 Å². The lowest BCUT2D eigenvalue weighted by Gasteiger charge is -2.40. The lowest BCUT2D eigenvalue weighted by atomic mass is 9.79. The molecule has 2 N–H and O–H groups in total. The summed E-state index contributed by atoms with van der Waals surface area (Å²) >= 11 is 6.19. The van der Waals surface area contributed by atoms with E-state index < -0.39 is 5.54 Å². The molecule has 4 nitrogen and oxygen atoms in total. The highest BCUT2D eigenvalue weighted by Gasteiger charge is 2.52. The highest BCUT2D eigenvalue weighted by molar-refractivity contribution is 6.30. The Morgan fingerprint density at radius 1 is 1.24 bits per heavy atom. The standard InChI is InChI=1S/C16H14ClN3O/c17-11-6-7-13-12(9-11)16(10-4-5-10,20-15(21)19-13)14-3-1-2-8-18-14/h1-3,6-10H,4-5H2,(H2,19,20,21)/t16-/m1/s1. The minimum absolute atomic E-state index is 0.192. The third-order valence-electron chi connectivity index (χ3n) is 4.22. The Balaban J connectivity index is 1.99. The molecular weight excluding hydrogens is 286 g/mol. The summed E-state index contributed by atoms with van der Waals surface area (Å²) < 4.78 is 0. The van der Waals surface area contributed by atoms with E-state index in [-0.39, 0.29) is 6.03 Å². The van der Waals surface area contributed by atoms with Crippen LogP contribution >= 0.6 is 11.6 Å². The van der Waals surface area contributed by atoms with E-state index in [0.717, 1.165) is 29.8 Å². The highest BCUT2D eigenvalue weighted by Crippen LogP contribution is 2.52. The third kappa shape index (κ3) is 1.90. The molecule has 1 aromatic heterocycles. The lowest BCUT2D eigenvalue weighted by Crippen LogP contribution is -2.54. The Bertz CT molecular complexity index is 715. The molecule has 2 heterocycles. The summed E-state index contributed by atoms with van der Waals surface area (Å²) in [6.07, 6.45) is 3.91. The summed E-state index contributed by atoms with van der Waals surface area (Å²) in [5.74, 6) is 0.357. The van der Waals surface area contributed by atoms with Gasteiger partial charge in [-0.25, -0.2) is 4.79 Å². The van der Waals surface area contributed by atoms with Gasteiger partial charge in [-0.05, 0) is 49.1 Å². The molecule has 1 aliphatic heterocycles. The zero-order valence-corrected chi connectivity index (χ0v) is 12.0. The summed E-state index contributed by atoms with van der Waals surface area (Å²) in [5.41, 5.74) is 2.09. The van der Waals surface area contributed by atoms with Crippen LogP contribution in [0.15, 0.2) is 42.6 Å². The van der Waals surface area contributed by atoms with Crippen molar-refractivity contribution in [1.82, 2.24) is 10.3 Å². The van der Waals surface area contributed by atoms with E-state index in [0.29, 0.717) is 10.9 Å². The second-order valence-electron chi connectivity index (χ2n) is 5.57. The number of hydrogen-bond acceptors (Lipinski definition) is 2. The summed E-state index contributed by atoms with van der Waals surface area (Å²) in [5, 5.41) is 6.64. The van der Waals surface area contributed by atoms with E-state index in [1.54, 1.807) is 12.3 Å². The molecule has 0 saturated heterocycles. The van der Waals surface area contributed by atoms with E-state index in [1.807, 2.05) is 30.3 Å². The predicted octanol–water partition coefficient (Wildman–Crippen LogP) is 3.52. The number of urea groups is 1. The average Bonchev–Trinajstić information content (AvgIpc) is 3.33. The number of aromatic nitrogens is 1. The number of hydrogen-bond donors (Lipinski definition) is 2. The summed E-state index contributed by atoms with van der Waals surface area (Å²) in [6, 6.07) is 11.2. The van der Waals surface area contributed by atoms with Crippen molar-refractivity contribution in [3.05, 3.63) is 58.9 Å². The summed E-state index contributed by atoms with van der Waals surface area (Å²) in [6.45, 7) is 0. The monoisotopic (exact) mass is 299 g/mol. The van der Waals surface area contributed by atoms with Crippen LogP contribution in [-0.2, 0) is 5.54 Å². The lowest BCUT2D eigenvalue weighted by molar-refractivity contribution is 0.234. The molecule has 1 aromatic carbocycles. The molecule has 0 spiro atoms. The SMILES string of the molecule is O=C1Nc2ccc(Cl)cc2[C@@](c2ccccn2)(C2CC2)N1. The van der Waals surface area contributed by atoms with E-state index in [4.69, 9.17) is 11.6 Å². The van der Waals surface area contributed by atoms with Crippen LogP contribution in [0.5, 0.6) is 0 Å². The number of benzene rings is 1. The average molecular weight is 300 g/mol. The van der Waals surface area contributed by atoms with Gasteiger partial charge in [-0.3, -0.25) is 4.98 Å². The molecule has 0 bridgehead atoms. The Hall–Kier alpha value is -2.07. The van der Waals surface area contributed by atoms with Crippen LogP contribution in [0.4, 0.5) is 10.5 Å². The predicted molar refractivity (Wildman–Crippen MR) is 81.3 cm³/mol. The van der Waals surface area contributed by atoms with Crippen molar-refractivity contribution in [2.75, 3.05) is 5.32 Å². The van der Waals surface area contributed by atoms with Crippen molar-refractivity contribution in [3.63, 3.8) is 0 Å². The molecule has 1 atom stereocenters. The Morgan fingerprint density at radius 3 is 2.81 bits per heavy atom. The van der Waals surface area contributed by atoms with Gasteiger partial charge in [0.25, 0.3) is 0 Å².